The fourth-order valence-corrected chi connectivity index (χ4v) is 10.5. The molecular weight excluding hydrogens is 786 g/mol. The van der Waals surface area contributed by atoms with Gasteiger partial charge in [-0.1, -0.05) is 127 Å². The van der Waals surface area contributed by atoms with Crippen molar-refractivity contribution in [2.24, 2.45) is 11.8 Å². The van der Waals surface area contributed by atoms with Gasteiger partial charge in [-0.25, -0.2) is 0 Å². The van der Waals surface area contributed by atoms with Crippen molar-refractivity contribution in [3.8, 4) is 0 Å². The molecule has 0 heterocycles. The molecule has 11 rings (SSSR count). The second-order valence-electron chi connectivity index (χ2n) is 16.4. The first-order valence-electron chi connectivity index (χ1n) is 18.8. The third-order valence-corrected chi connectivity index (χ3v) is 12.6. The molecule has 0 aromatic heterocycles. The molecule has 3 atom stereocenters. The first-order chi connectivity index (χ1) is 26.1. The highest BCUT2D eigenvalue weighted by Gasteiger charge is 2.48. The number of quaternary nitrogens is 1. The molecule has 55 heavy (non-hydrogen) atoms. The fraction of sp³-hybridized carbons (Fsp3) is 0.348. The zero-order valence-corrected chi connectivity index (χ0v) is 33.6. The van der Waals surface area contributed by atoms with Gasteiger partial charge in [0.05, 0.1) is 21.1 Å². The van der Waals surface area contributed by atoms with Gasteiger partial charge in [0.1, 0.15) is 6.54 Å². The lowest BCUT2D eigenvalue weighted by molar-refractivity contribution is -0.884. The molecule has 6 aliphatic carbocycles. The Balaban J connectivity index is 0.000000135. The minimum absolute atomic E-state index is 0.00539. The molecule has 288 valence electrons. The Labute approximate surface area is 332 Å². The summed E-state index contributed by atoms with van der Waals surface area (Å²) >= 11 is -0.846. The van der Waals surface area contributed by atoms with E-state index in [2.05, 4.69) is 116 Å². The first kappa shape index (κ1) is 39.6. The maximum Gasteiger partial charge on any atom is 0.309 e. The lowest BCUT2D eigenvalue weighted by Gasteiger charge is -2.46. The number of fused-ring (bicyclic) bond motifs is 2. The number of halogens is 5. The van der Waals surface area contributed by atoms with Crippen molar-refractivity contribution >= 4 is 27.0 Å². The third kappa shape index (κ3) is 8.55. The maximum atomic E-state index is 13.8. The molecule has 0 N–H and O–H groups in total. The molecule has 5 aromatic carbocycles. The molecule has 0 aliphatic heterocycles. The van der Waals surface area contributed by atoms with Crippen LogP contribution in [0.1, 0.15) is 99.4 Å². The van der Waals surface area contributed by atoms with Crippen LogP contribution in [0.15, 0.2) is 127 Å². The van der Waals surface area contributed by atoms with E-state index in [0.717, 1.165) is 28.6 Å². The van der Waals surface area contributed by atoms with Gasteiger partial charge >= 0.3 is 10.1 Å². The van der Waals surface area contributed by atoms with Crippen LogP contribution in [-0.2, 0) is 17.6 Å². The third-order valence-electron chi connectivity index (χ3n) is 11.6. The van der Waals surface area contributed by atoms with E-state index in [9.17, 15) is 26.3 Å². The van der Waals surface area contributed by atoms with Crippen LogP contribution in [0.25, 0.3) is 0 Å². The highest BCUT2D eigenvalue weighted by molar-refractivity contribution is 9.10. The molecule has 0 saturated carbocycles. The molecule has 3 nitrogen and oxygen atoms in total. The van der Waals surface area contributed by atoms with Gasteiger partial charge in [-0.05, 0) is 85.1 Å². The van der Waals surface area contributed by atoms with Crippen LogP contribution in [0, 0.1) is 11.8 Å². The molecule has 0 saturated heterocycles. The molecule has 4 bridgehead atoms. The summed E-state index contributed by atoms with van der Waals surface area (Å²) in [6.07, 6.45) is 0.676. The van der Waals surface area contributed by atoms with Crippen LogP contribution < -0.4 is 0 Å². The lowest BCUT2D eigenvalue weighted by Crippen LogP contribution is -2.36. The summed E-state index contributed by atoms with van der Waals surface area (Å²) in [4.78, 5) is -2.78. The zero-order chi connectivity index (χ0) is 39.1. The van der Waals surface area contributed by atoms with Gasteiger partial charge < -0.3 is 9.04 Å². The van der Waals surface area contributed by atoms with Gasteiger partial charge in [-0.3, -0.25) is 4.21 Å². The SMILES string of the molecule is C[N+](C)(C)Cc1ccccc1.FC(F)(Br)CC1CC2c3ccccc3C1c1ccccc12.O=S([O-])C(F)(F)CC1CC2c3ccccc3C1c1ccccc12. The number of benzene rings is 5. The van der Waals surface area contributed by atoms with E-state index in [-0.39, 0.29) is 41.9 Å². The van der Waals surface area contributed by atoms with E-state index in [4.69, 9.17) is 0 Å². The molecule has 0 fully saturated rings. The van der Waals surface area contributed by atoms with Crippen LogP contribution in [0.3, 0.4) is 0 Å². The highest BCUT2D eigenvalue weighted by Crippen LogP contribution is 2.59. The summed E-state index contributed by atoms with van der Waals surface area (Å²) in [5.74, 6) is -0.0740. The second-order valence-corrected chi connectivity index (χ2v) is 18.6. The van der Waals surface area contributed by atoms with Crippen LogP contribution in [0.2, 0.25) is 0 Å². The van der Waals surface area contributed by atoms with Gasteiger partial charge in [0, 0.05) is 53.2 Å². The molecule has 9 heteroatoms. The molecule has 0 radical (unpaired) electrons. The molecule has 0 amide bonds. The summed E-state index contributed by atoms with van der Waals surface area (Å²) in [6, 6.07) is 43.1. The summed E-state index contributed by atoms with van der Waals surface area (Å²) in [7, 11) is 6.60. The zero-order valence-electron chi connectivity index (χ0n) is 31.2. The van der Waals surface area contributed by atoms with Crippen molar-refractivity contribution in [1.29, 1.82) is 0 Å². The molecule has 5 aromatic rings. The summed E-state index contributed by atoms with van der Waals surface area (Å²) in [5.41, 5.74) is 11.1. The minimum Gasteiger partial charge on any atom is -0.768 e. The van der Waals surface area contributed by atoms with Crippen molar-refractivity contribution in [2.45, 2.75) is 66.0 Å². The Morgan fingerprint density at radius 2 is 0.909 bits per heavy atom. The monoisotopic (exact) mass is 831 g/mol. The number of rotatable bonds is 7. The van der Waals surface area contributed by atoms with Crippen LogP contribution in [-0.4, -0.2) is 44.5 Å². The average Bonchev–Trinajstić information content (AvgIpc) is 3.14. The summed E-state index contributed by atoms with van der Waals surface area (Å²) < 4.78 is 77.3. The van der Waals surface area contributed by atoms with Crippen LogP contribution in [0.4, 0.5) is 17.6 Å². The Hall–Kier alpha value is -3.63. The van der Waals surface area contributed by atoms with Gasteiger partial charge in [-0.15, -0.1) is 0 Å². The van der Waals surface area contributed by atoms with E-state index >= 15 is 0 Å². The van der Waals surface area contributed by atoms with Crippen LogP contribution in [0.5, 0.6) is 0 Å². The predicted molar refractivity (Wildman–Crippen MR) is 215 cm³/mol. The summed E-state index contributed by atoms with van der Waals surface area (Å²) in [6.45, 7) is 1.10. The molecule has 6 aliphatic rings. The van der Waals surface area contributed by atoms with Crippen molar-refractivity contribution in [1.82, 2.24) is 0 Å². The second kappa shape index (κ2) is 15.7. The van der Waals surface area contributed by atoms with E-state index < -0.39 is 27.6 Å². The molecule has 0 spiro atoms. The van der Waals surface area contributed by atoms with Gasteiger partial charge in [-0.2, -0.15) is 17.6 Å². The highest BCUT2D eigenvalue weighted by atomic mass is 79.9. The Kier molecular flexibility index (Phi) is 11.3. The van der Waals surface area contributed by atoms with Crippen molar-refractivity contribution in [3.63, 3.8) is 0 Å². The normalized spacial score (nSPS) is 23.4. The van der Waals surface area contributed by atoms with Crippen molar-refractivity contribution in [3.05, 3.63) is 177 Å². The summed E-state index contributed by atoms with van der Waals surface area (Å²) in [5, 5.41) is -3.67. The maximum absolute atomic E-state index is 13.8. The number of hydrogen-bond donors (Lipinski definition) is 0. The quantitative estimate of drug-likeness (QED) is 0.0709. The molecule has 3 unspecified atom stereocenters. The topological polar surface area (TPSA) is 40.1 Å². The molecular formula is C46H46BrF4NO2S. The van der Waals surface area contributed by atoms with Crippen molar-refractivity contribution in [2.75, 3.05) is 21.1 Å². The Bertz CT molecular complexity index is 2060. The largest absolute Gasteiger partial charge is 0.768 e. The average molecular weight is 833 g/mol. The minimum atomic E-state index is -3.67. The standard InChI is InChI=1S/C18H15BrF2.C18H16F2O2S.C10H16N/c19-18(20,21)10-11-9-16-12-5-1-3-7-14(12)17(11)15-8-4-2-6-13(15)16;19-18(20,23(21)22)10-11-9-16-12-5-1-3-7-14(12)17(11)15-8-4-2-6-13(15)16;1-11(2,3)9-10-7-5-4-6-8-10/h1-8,11,16-17H,9-10H2;1-8,11,16-17H,9-10H2,(H,21,22);4-8H,9H2,1-3H3/q;;+1/p-1. The smallest absolute Gasteiger partial charge is 0.309 e. The van der Waals surface area contributed by atoms with Gasteiger partial charge in [0.25, 0.3) is 0 Å². The predicted octanol–water partition coefficient (Wildman–Crippen LogP) is 11.7. The van der Waals surface area contributed by atoms with E-state index in [1.807, 2.05) is 48.5 Å². The van der Waals surface area contributed by atoms with Crippen molar-refractivity contribution < 1.29 is 30.8 Å². The van der Waals surface area contributed by atoms with E-state index in [1.165, 1.54) is 38.9 Å². The first-order valence-corrected chi connectivity index (χ1v) is 20.7. The Morgan fingerprint density at radius 3 is 1.24 bits per heavy atom. The van der Waals surface area contributed by atoms with E-state index in [0.29, 0.717) is 6.42 Å². The van der Waals surface area contributed by atoms with E-state index in [1.54, 1.807) is 0 Å². The lowest BCUT2D eigenvalue weighted by atomic mass is 9.58. The Morgan fingerprint density at radius 1 is 0.582 bits per heavy atom. The number of alkyl halides is 5. The number of nitrogens with zero attached hydrogens (tertiary/aromatic N) is 1. The van der Waals surface area contributed by atoms with Gasteiger partial charge in [0.15, 0.2) is 0 Å². The number of hydrogen-bond acceptors (Lipinski definition) is 2. The fourth-order valence-electron chi connectivity index (χ4n) is 9.72. The van der Waals surface area contributed by atoms with Crippen LogP contribution >= 0.6 is 15.9 Å². The van der Waals surface area contributed by atoms with Gasteiger partial charge in [0.2, 0.25) is 0 Å².